The largest absolute Gasteiger partial charge is 0.507 e. The summed E-state index contributed by atoms with van der Waals surface area (Å²) >= 11 is 0. The molecule has 0 aliphatic rings. The van der Waals surface area contributed by atoms with Crippen LogP contribution in [-0.2, 0) is 0 Å². The molecule has 0 saturated heterocycles. The summed E-state index contributed by atoms with van der Waals surface area (Å²) in [7, 11) is 0. The highest BCUT2D eigenvalue weighted by Gasteiger charge is 2.31. The molecule has 272 valence electrons. The number of phenolic OH excluding ortho intramolecular Hbond substituents is 6. The highest BCUT2D eigenvalue weighted by atomic mass is 16.3. The first-order valence-electron chi connectivity index (χ1n) is 17.9. The van der Waals surface area contributed by atoms with Crippen LogP contribution in [0.1, 0.15) is 11.1 Å². The Hall–Kier alpha value is -7.65. The van der Waals surface area contributed by atoms with Crippen LogP contribution >= 0.6 is 0 Å². The van der Waals surface area contributed by atoms with Crippen molar-refractivity contribution in [1.29, 1.82) is 0 Å². The Morgan fingerprint density at radius 3 is 1.23 bits per heavy atom. The Kier molecular flexibility index (Phi) is 7.94. The van der Waals surface area contributed by atoms with Gasteiger partial charge in [0.25, 0.3) is 0 Å². The Labute approximate surface area is 320 Å². The molecule has 0 bridgehead atoms. The number of rotatable bonds is 5. The van der Waals surface area contributed by atoms with Gasteiger partial charge >= 0.3 is 0 Å². The summed E-state index contributed by atoms with van der Waals surface area (Å²) in [5, 5.41) is 75.6. The van der Waals surface area contributed by atoms with Crippen LogP contribution in [0, 0.1) is 13.8 Å². The third kappa shape index (κ3) is 5.20. The molecule has 0 fully saturated rings. The number of benzene rings is 8. The maximum Gasteiger partial charge on any atom is 0.201 e. The van der Waals surface area contributed by atoms with Crippen molar-refractivity contribution in [3.63, 3.8) is 0 Å². The number of hydrogen-bond acceptors (Lipinski definition) is 9. The van der Waals surface area contributed by atoms with Crippen LogP contribution in [0.15, 0.2) is 127 Å². The first-order valence-corrected chi connectivity index (χ1v) is 17.9. The summed E-state index contributed by atoms with van der Waals surface area (Å²) in [4.78, 5) is 13.9. The number of hydrogen-bond donors (Lipinski definition) is 6. The quantitative estimate of drug-likeness (QED) is 0.0574. The van der Waals surface area contributed by atoms with Gasteiger partial charge in [0.05, 0.1) is 0 Å². The van der Waals surface area contributed by atoms with Gasteiger partial charge in [0.1, 0.15) is 11.3 Å². The minimum atomic E-state index is -0.830. The smallest absolute Gasteiger partial charge is 0.201 e. The van der Waals surface area contributed by atoms with Crippen LogP contribution in [-0.4, -0.2) is 45.6 Å². The molecule has 0 spiro atoms. The van der Waals surface area contributed by atoms with Gasteiger partial charge in [-0.1, -0.05) is 121 Å². The lowest BCUT2D eigenvalue weighted by molar-refractivity contribution is 0.369. The fourth-order valence-electron chi connectivity index (χ4n) is 7.82. The predicted molar refractivity (Wildman–Crippen MR) is 219 cm³/mol. The van der Waals surface area contributed by atoms with E-state index in [2.05, 4.69) is 33.2 Å². The lowest BCUT2D eigenvalue weighted by Gasteiger charge is -2.22. The monoisotopic (exact) mass is 735 g/mol. The zero-order valence-corrected chi connectivity index (χ0v) is 30.1. The van der Waals surface area contributed by atoms with E-state index in [4.69, 9.17) is 0 Å². The second kappa shape index (κ2) is 13.0. The molecule has 9 aromatic rings. The zero-order valence-electron chi connectivity index (χ0n) is 30.1. The second-order valence-corrected chi connectivity index (χ2v) is 13.7. The van der Waals surface area contributed by atoms with Crippen molar-refractivity contribution in [2.75, 3.05) is 0 Å². The molecule has 9 heteroatoms. The van der Waals surface area contributed by atoms with Gasteiger partial charge in [-0.2, -0.15) is 0 Å². The van der Waals surface area contributed by atoms with E-state index in [0.717, 1.165) is 32.3 Å². The molecule has 0 saturated carbocycles. The van der Waals surface area contributed by atoms with Crippen molar-refractivity contribution in [1.82, 2.24) is 15.0 Å². The molecule has 0 atom stereocenters. The molecule has 8 aromatic carbocycles. The third-order valence-electron chi connectivity index (χ3n) is 10.5. The van der Waals surface area contributed by atoms with Crippen LogP contribution in [0.5, 0.6) is 34.5 Å². The van der Waals surface area contributed by atoms with Crippen LogP contribution in [0.4, 0.5) is 0 Å². The van der Waals surface area contributed by atoms with Gasteiger partial charge in [-0.05, 0) is 63.4 Å². The molecule has 56 heavy (non-hydrogen) atoms. The SMILES string of the molecule is Cc1c(-c2ccc3c4ccccc4c4ccccc4c3c2)c(O)c(O)c(O)c1-c1c(C)c(O)c(-c2nc(-c3ccccc3)nc(-c3ccccc3)n2)c(O)c1O. The van der Waals surface area contributed by atoms with E-state index in [-0.39, 0.29) is 50.9 Å². The number of fused-ring (bicyclic) bond motifs is 6. The normalized spacial score (nSPS) is 11.5. The summed E-state index contributed by atoms with van der Waals surface area (Å²) < 4.78 is 0. The van der Waals surface area contributed by atoms with E-state index in [0.29, 0.717) is 16.7 Å². The topological polar surface area (TPSA) is 160 Å². The average molecular weight is 736 g/mol. The van der Waals surface area contributed by atoms with Crippen molar-refractivity contribution >= 4 is 32.3 Å². The van der Waals surface area contributed by atoms with Crippen molar-refractivity contribution < 1.29 is 30.6 Å². The summed E-state index contributed by atoms with van der Waals surface area (Å²) in [5.74, 6) is -3.65. The van der Waals surface area contributed by atoms with E-state index >= 15 is 0 Å². The highest BCUT2D eigenvalue weighted by molar-refractivity contribution is 6.25. The van der Waals surface area contributed by atoms with Crippen LogP contribution in [0.3, 0.4) is 0 Å². The molecular weight excluding hydrogens is 703 g/mol. The summed E-state index contributed by atoms with van der Waals surface area (Å²) in [6, 6.07) is 40.2. The van der Waals surface area contributed by atoms with E-state index < -0.39 is 34.5 Å². The van der Waals surface area contributed by atoms with Gasteiger partial charge in [-0.25, -0.2) is 15.0 Å². The number of phenols is 6. The Morgan fingerprint density at radius 1 is 0.304 bits per heavy atom. The van der Waals surface area contributed by atoms with Gasteiger partial charge in [-0.15, -0.1) is 0 Å². The zero-order chi connectivity index (χ0) is 38.8. The average Bonchev–Trinajstić information content (AvgIpc) is 3.24. The molecule has 0 amide bonds. The minimum Gasteiger partial charge on any atom is -0.507 e. The highest BCUT2D eigenvalue weighted by Crippen LogP contribution is 2.58. The Morgan fingerprint density at radius 2 is 0.696 bits per heavy atom. The molecule has 9 nitrogen and oxygen atoms in total. The van der Waals surface area contributed by atoms with Crippen molar-refractivity contribution in [2.45, 2.75) is 13.8 Å². The maximum absolute atomic E-state index is 11.9. The van der Waals surface area contributed by atoms with E-state index in [1.165, 1.54) is 6.92 Å². The van der Waals surface area contributed by atoms with Crippen LogP contribution < -0.4 is 0 Å². The minimum absolute atomic E-state index is 0.0450. The lowest BCUT2D eigenvalue weighted by Crippen LogP contribution is -2.02. The molecule has 0 aliphatic carbocycles. The van der Waals surface area contributed by atoms with E-state index in [1.807, 2.05) is 109 Å². The first-order chi connectivity index (χ1) is 27.1. The maximum atomic E-state index is 11.9. The second-order valence-electron chi connectivity index (χ2n) is 13.7. The van der Waals surface area contributed by atoms with Gasteiger partial charge < -0.3 is 30.6 Å². The summed E-state index contributed by atoms with van der Waals surface area (Å²) in [6.07, 6.45) is 0. The lowest BCUT2D eigenvalue weighted by atomic mass is 9.85. The Balaban J connectivity index is 1.26. The Bertz CT molecular complexity index is 2940. The number of nitrogens with zero attached hydrogens (tertiary/aromatic N) is 3. The van der Waals surface area contributed by atoms with Crippen molar-refractivity contribution in [2.24, 2.45) is 0 Å². The molecular formula is C47H33N3O6. The number of aromatic nitrogens is 3. The summed E-state index contributed by atoms with van der Waals surface area (Å²) in [6.45, 7) is 3.12. The molecule has 9 rings (SSSR count). The van der Waals surface area contributed by atoms with Crippen LogP contribution in [0.2, 0.25) is 0 Å². The predicted octanol–water partition coefficient (Wildman–Crippen LogP) is 10.5. The fourth-order valence-corrected chi connectivity index (χ4v) is 7.82. The first kappa shape index (κ1) is 34.1. The molecule has 0 aliphatic heterocycles. The van der Waals surface area contributed by atoms with E-state index in [9.17, 15) is 30.6 Å². The standard InChI is InChI=1S/C47H33N3O6/c1-24-35(28-21-22-33-31-19-10-9-17-29(31)30-18-11-12-20-32(30)34(33)23-28)40(52)44(56)42(54)36(24)37-25(2)39(51)38(43(55)41(37)53)47-49-45(26-13-5-3-6-14-26)48-46(50-47)27-15-7-4-8-16-27/h3-23,51-56H,1-2H3. The molecule has 0 unspecified atom stereocenters. The molecule has 1 heterocycles. The molecule has 6 N–H and O–H groups in total. The third-order valence-corrected chi connectivity index (χ3v) is 10.5. The van der Waals surface area contributed by atoms with Gasteiger partial charge in [-0.3, -0.25) is 0 Å². The number of aromatic hydroxyl groups is 6. The van der Waals surface area contributed by atoms with E-state index in [1.54, 1.807) is 6.92 Å². The van der Waals surface area contributed by atoms with Gasteiger partial charge in [0, 0.05) is 33.4 Å². The van der Waals surface area contributed by atoms with Crippen molar-refractivity contribution in [3.05, 3.63) is 139 Å². The summed E-state index contributed by atoms with van der Waals surface area (Å²) in [5.41, 5.74) is 1.83. The van der Waals surface area contributed by atoms with Gasteiger partial charge in [0.15, 0.2) is 40.5 Å². The van der Waals surface area contributed by atoms with Crippen LogP contribution in [0.25, 0.3) is 88.7 Å². The van der Waals surface area contributed by atoms with Crippen molar-refractivity contribution in [3.8, 4) is 90.9 Å². The molecule has 0 radical (unpaired) electrons. The van der Waals surface area contributed by atoms with Gasteiger partial charge in [0.2, 0.25) is 5.75 Å². The molecule has 1 aromatic heterocycles. The fraction of sp³-hybridized carbons (Fsp3) is 0.0426.